The molecule has 6 heteroatoms. The van der Waals surface area contributed by atoms with E-state index < -0.39 is 16.6 Å². The normalized spacial score (nSPS) is 18.2. The number of rotatable bonds is 3. The van der Waals surface area contributed by atoms with Gasteiger partial charge in [0.1, 0.15) is 17.4 Å². The van der Waals surface area contributed by atoms with Crippen molar-refractivity contribution in [1.29, 1.82) is 15.8 Å². The van der Waals surface area contributed by atoms with E-state index in [1.165, 1.54) is 6.21 Å². The number of para-hydroxylation sites is 1. The minimum atomic E-state index is -1.80. The lowest BCUT2D eigenvalue weighted by molar-refractivity contribution is 0.206. The Labute approximate surface area is 140 Å². The lowest BCUT2D eigenvalue weighted by Crippen LogP contribution is -2.39. The van der Waals surface area contributed by atoms with Crippen LogP contribution in [0.1, 0.15) is 13.8 Å². The van der Waals surface area contributed by atoms with Crippen LogP contribution in [0.5, 0.6) is 0 Å². The van der Waals surface area contributed by atoms with Gasteiger partial charge in [-0.2, -0.15) is 20.9 Å². The minimum absolute atomic E-state index is 0.129. The Morgan fingerprint density at radius 1 is 1.12 bits per heavy atom. The summed E-state index contributed by atoms with van der Waals surface area (Å²) >= 11 is 0. The summed E-state index contributed by atoms with van der Waals surface area (Å²) in [7, 11) is 0. The molecule has 0 heterocycles. The number of hydrogen-bond donors (Lipinski definition) is 2. The van der Waals surface area contributed by atoms with Crippen LogP contribution in [0.25, 0.3) is 0 Å². The number of hydrazone groups is 1. The average Bonchev–Trinajstić information content (AvgIpc) is 2.56. The van der Waals surface area contributed by atoms with Crippen molar-refractivity contribution in [3.8, 4) is 18.2 Å². The summed E-state index contributed by atoms with van der Waals surface area (Å²) in [4.78, 5) is 0. The number of aliphatic hydroxyl groups excluding tert-OH is 1. The molecule has 1 aliphatic rings. The van der Waals surface area contributed by atoms with E-state index in [4.69, 9.17) is 0 Å². The molecule has 0 aliphatic heterocycles. The van der Waals surface area contributed by atoms with Gasteiger partial charge in [0.15, 0.2) is 0 Å². The summed E-state index contributed by atoms with van der Waals surface area (Å²) in [6, 6.07) is 14.8. The van der Waals surface area contributed by atoms with Gasteiger partial charge in [0.2, 0.25) is 5.41 Å². The highest BCUT2D eigenvalue weighted by Crippen LogP contribution is 2.49. The molecule has 0 radical (unpaired) electrons. The highest BCUT2D eigenvalue weighted by molar-refractivity contribution is 5.88. The second-order valence-electron chi connectivity index (χ2n) is 5.87. The van der Waals surface area contributed by atoms with Gasteiger partial charge in [-0.1, -0.05) is 38.1 Å². The van der Waals surface area contributed by atoms with Gasteiger partial charge in [0.05, 0.1) is 24.0 Å². The quantitative estimate of drug-likeness (QED) is 0.654. The summed E-state index contributed by atoms with van der Waals surface area (Å²) < 4.78 is 0. The molecule has 24 heavy (non-hydrogen) atoms. The van der Waals surface area contributed by atoms with E-state index >= 15 is 0 Å². The molecule has 2 rings (SSSR count). The first-order chi connectivity index (χ1) is 11.4. The van der Waals surface area contributed by atoms with E-state index in [0.29, 0.717) is 5.57 Å². The largest absolute Gasteiger partial charge is 0.508 e. The van der Waals surface area contributed by atoms with Crippen molar-refractivity contribution in [3.05, 3.63) is 53.3 Å². The van der Waals surface area contributed by atoms with E-state index in [-0.39, 0.29) is 5.57 Å². The van der Waals surface area contributed by atoms with Crippen molar-refractivity contribution in [3.63, 3.8) is 0 Å². The number of allylic oxidation sites excluding steroid dienone is 4. The van der Waals surface area contributed by atoms with Crippen molar-refractivity contribution < 1.29 is 5.11 Å². The van der Waals surface area contributed by atoms with E-state index in [9.17, 15) is 20.9 Å². The first-order valence-electron chi connectivity index (χ1n) is 7.15. The molecule has 6 nitrogen and oxygen atoms in total. The van der Waals surface area contributed by atoms with Crippen LogP contribution in [0.4, 0.5) is 5.69 Å². The minimum Gasteiger partial charge on any atom is -0.508 e. The molecule has 118 valence electrons. The molecule has 0 saturated heterocycles. The molecule has 1 aromatic carbocycles. The molecule has 0 unspecified atom stereocenters. The first kappa shape index (κ1) is 16.8. The molecular weight excluding hydrogens is 302 g/mol. The zero-order valence-corrected chi connectivity index (χ0v) is 13.3. The number of aliphatic hydroxyl groups is 1. The number of anilines is 1. The third-order valence-corrected chi connectivity index (χ3v) is 3.98. The van der Waals surface area contributed by atoms with Gasteiger partial charge < -0.3 is 5.11 Å². The Kier molecular flexibility index (Phi) is 4.40. The van der Waals surface area contributed by atoms with Crippen LogP contribution in [-0.2, 0) is 0 Å². The SMILES string of the molecule is CC1(C)C=C(/C=N/Nc2ccccc2)C(C#N)=C(O)C1(C#N)C#N. The second-order valence-corrected chi connectivity index (χ2v) is 5.87. The van der Waals surface area contributed by atoms with Crippen LogP contribution in [0.3, 0.4) is 0 Å². The number of benzene rings is 1. The van der Waals surface area contributed by atoms with E-state index in [1.54, 1.807) is 19.9 Å². The lowest BCUT2D eigenvalue weighted by atomic mass is 9.61. The van der Waals surface area contributed by atoms with Crippen LogP contribution in [0.15, 0.2) is 58.4 Å². The summed E-state index contributed by atoms with van der Waals surface area (Å²) in [6.07, 6.45) is 3.00. The van der Waals surface area contributed by atoms with Gasteiger partial charge in [-0.3, -0.25) is 5.43 Å². The predicted molar refractivity (Wildman–Crippen MR) is 89.3 cm³/mol. The second kappa shape index (κ2) is 6.28. The summed E-state index contributed by atoms with van der Waals surface area (Å²) in [5.41, 5.74) is 1.00. The zero-order valence-electron chi connectivity index (χ0n) is 13.3. The Bertz CT molecular complexity index is 843. The molecule has 1 aliphatic carbocycles. The third-order valence-electron chi connectivity index (χ3n) is 3.98. The molecule has 0 atom stereocenters. The van der Waals surface area contributed by atoms with Crippen molar-refractivity contribution in [2.45, 2.75) is 13.8 Å². The summed E-state index contributed by atoms with van der Waals surface area (Å²) in [6.45, 7) is 3.31. The van der Waals surface area contributed by atoms with Crippen LogP contribution >= 0.6 is 0 Å². The molecule has 1 aromatic rings. The van der Waals surface area contributed by atoms with Gasteiger partial charge in [0, 0.05) is 11.0 Å². The number of nitrogens with one attached hydrogen (secondary N) is 1. The fourth-order valence-electron chi connectivity index (χ4n) is 2.53. The van der Waals surface area contributed by atoms with Crippen LogP contribution < -0.4 is 5.43 Å². The van der Waals surface area contributed by atoms with Crippen LogP contribution in [0.2, 0.25) is 0 Å². The number of nitrogens with zero attached hydrogens (tertiary/aromatic N) is 4. The molecule has 0 bridgehead atoms. The lowest BCUT2D eigenvalue weighted by Gasteiger charge is -2.37. The van der Waals surface area contributed by atoms with E-state index in [2.05, 4.69) is 10.5 Å². The predicted octanol–water partition coefficient (Wildman–Crippen LogP) is 3.42. The van der Waals surface area contributed by atoms with Crippen molar-refractivity contribution >= 4 is 11.9 Å². The number of hydrogen-bond acceptors (Lipinski definition) is 6. The number of nitriles is 3. The molecular formula is C18H15N5O. The van der Waals surface area contributed by atoms with Gasteiger partial charge >= 0.3 is 0 Å². The fraction of sp³-hybridized carbons (Fsp3) is 0.222. The van der Waals surface area contributed by atoms with Crippen molar-refractivity contribution in [2.24, 2.45) is 15.9 Å². The van der Waals surface area contributed by atoms with Gasteiger partial charge in [-0.15, -0.1) is 0 Å². The standard InChI is InChI=1S/C18H15N5O/c1-17(2)8-13(10-22-23-14-6-4-3-5-7-14)15(9-19)16(24)18(17,11-20)12-21/h3-8,10,23-24H,1-2H3/b22-10+. The first-order valence-corrected chi connectivity index (χ1v) is 7.15. The highest BCUT2D eigenvalue weighted by Gasteiger charge is 2.53. The Balaban J connectivity index is 2.42. The maximum Gasteiger partial charge on any atom is 0.209 e. The van der Waals surface area contributed by atoms with Gasteiger partial charge in [-0.25, -0.2) is 0 Å². The molecule has 0 saturated carbocycles. The van der Waals surface area contributed by atoms with E-state index in [0.717, 1.165) is 5.69 Å². The average molecular weight is 317 g/mol. The van der Waals surface area contributed by atoms with Gasteiger partial charge in [0.25, 0.3) is 0 Å². The highest BCUT2D eigenvalue weighted by atomic mass is 16.3. The summed E-state index contributed by atoms with van der Waals surface area (Å²) in [5.74, 6) is -0.538. The van der Waals surface area contributed by atoms with Crippen LogP contribution in [0, 0.1) is 44.8 Å². The Morgan fingerprint density at radius 3 is 2.29 bits per heavy atom. The third kappa shape index (κ3) is 2.60. The maximum absolute atomic E-state index is 10.4. The van der Waals surface area contributed by atoms with Crippen LogP contribution in [-0.4, -0.2) is 11.3 Å². The molecule has 0 fully saturated rings. The zero-order chi connectivity index (χ0) is 17.8. The van der Waals surface area contributed by atoms with Crippen molar-refractivity contribution in [1.82, 2.24) is 0 Å². The maximum atomic E-state index is 10.4. The monoisotopic (exact) mass is 317 g/mol. The van der Waals surface area contributed by atoms with Gasteiger partial charge in [-0.05, 0) is 12.1 Å². The van der Waals surface area contributed by atoms with Crippen molar-refractivity contribution in [2.75, 3.05) is 5.43 Å². The topological polar surface area (TPSA) is 116 Å². The molecule has 0 amide bonds. The smallest absolute Gasteiger partial charge is 0.209 e. The fourth-order valence-corrected chi connectivity index (χ4v) is 2.53. The molecule has 0 spiro atoms. The molecule has 0 aromatic heterocycles. The molecule has 2 N–H and O–H groups in total. The Hall–Kier alpha value is -3.56. The Morgan fingerprint density at radius 2 is 1.75 bits per heavy atom. The van der Waals surface area contributed by atoms with E-state index in [1.807, 2.05) is 48.5 Å². The summed E-state index contributed by atoms with van der Waals surface area (Å²) in [5, 5.41) is 42.6.